The highest BCUT2D eigenvalue weighted by Crippen LogP contribution is 2.31. The van der Waals surface area contributed by atoms with Gasteiger partial charge in [-0.15, -0.1) is 0 Å². The Hall–Kier alpha value is -0.590. The fourth-order valence-corrected chi connectivity index (χ4v) is 4.99. The van der Waals surface area contributed by atoms with E-state index >= 15 is 0 Å². The number of rotatable bonds is 4. The van der Waals surface area contributed by atoms with E-state index in [0.29, 0.717) is 12.2 Å². The number of sulfonamides is 1. The zero-order valence-corrected chi connectivity index (χ0v) is 14.1. The van der Waals surface area contributed by atoms with E-state index in [-0.39, 0.29) is 10.9 Å². The Balaban J connectivity index is 2.37. The third-order valence-corrected chi connectivity index (χ3v) is 6.27. The summed E-state index contributed by atoms with van der Waals surface area (Å²) in [4.78, 5) is 0.226. The molecule has 0 aromatic heterocycles. The van der Waals surface area contributed by atoms with Crippen molar-refractivity contribution >= 4 is 31.6 Å². The second kappa shape index (κ2) is 6.45. The van der Waals surface area contributed by atoms with Gasteiger partial charge in [-0.2, -0.15) is 4.31 Å². The highest BCUT2D eigenvalue weighted by atomic mass is 79.9. The van der Waals surface area contributed by atoms with Crippen molar-refractivity contribution in [3.8, 4) is 0 Å². The number of nitrogens with two attached hydrogens (primary N) is 1. The lowest BCUT2D eigenvalue weighted by molar-refractivity contribution is 0.239. The molecular weight excluding hydrogens is 340 g/mol. The van der Waals surface area contributed by atoms with Crippen molar-refractivity contribution in [1.29, 1.82) is 0 Å². The van der Waals surface area contributed by atoms with Gasteiger partial charge in [0.05, 0.1) is 5.69 Å². The topological polar surface area (TPSA) is 63.4 Å². The van der Waals surface area contributed by atoms with Gasteiger partial charge in [0.15, 0.2) is 0 Å². The molecule has 1 aromatic carbocycles. The molecule has 0 bridgehead atoms. The zero-order chi connectivity index (χ0) is 14.8. The van der Waals surface area contributed by atoms with Gasteiger partial charge in [0.25, 0.3) is 0 Å². The maximum atomic E-state index is 12.8. The minimum absolute atomic E-state index is 0.113. The van der Waals surface area contributed by atoms with Gasteiger partial charge in [-0.25, -0.2) is 8.42 Å². The van der Waals surface area contributed by atoms with Crippen LogP contribution in [0.4, 0.5) is 5.69 Å². The van der Waals surface area contributed by atoms with E-state index in [9.17, 15) is 8.42 Å². The molecule has 1 saturated heterocycles. The summed E-state index contributed by atoms with van der Waals surface area (Å²) in [5.74, 6) is 0. The lowest BCUT2D eigenvalue weighted by atomic mass is 10.0. The number of nitrogen functional groups attached to an aromatic ring is 1. The van der Waals surface area contributed by atoms with E-state index < -0.39 is 10.0 Å². The van der Waals surface area contributed by atoms with E-state index in [1.165, 1.54) is 0 Å². The van der Waals surface area contributed by atoms with Crippen LogP contribution in [0.3, 0.4) is 0 Å². The Morgan fingerprint density at radius 2 is 2.15 bits per heavy atom. The van der Waals surface area contributed by atoms with Crippen LogP contribution in [0.1, 0.15) is 39.0 Å². The molecule has 2 N–H and O–H groups in total. The third-order valence-electron chi connectivity index (χ3n) is 3.75. The fraction of sp³-hybridized carbons (Fsp3) is 0.571. The molecule has 1 unspecified atom stereocenters. The van der Waals surface area contributed by atoms with Crippen LogP contribution in [0, 0.1) is 0 Å². The molecule has 1 aliphatic rings. The molecule has 6 heteroatoms. The van der Waals surface area contributed by atoms with Gasteiger partial charge in [-0.1, -0.05) is 35.7 Å². The molecule has 0 saturated carbocycles. The maximum absolute atomic E-state index is 12.8. The van der Waals surface area contributed by atoms with Crippen LogP contribution < -0.4 is 5.73 Å². The molecule has 20 heavy (non-hydrogen) atoms. The lowest BCUT2D eigenvalue weighted by Crippen LogP contribution is -2.43. The highest BCUT2D eigenvalue weighted by molar-refractivity contribution is 9.10. The molecule has 1 fully saturated rings. The summed E-state index contributed by atoms with van der Waals surface area (Å²) in [6.45, 7) is 2.69. The van der Waals surface area contributed by atoms with Crippen molar-refractivity contribution in [3.63, 3.8) is 0 Å². The normalized spacial score (nSPS) is 21.0. The van der Waals surface area contributed by atoms with E-state index in [2.05, 4.69) is 22.9 Å². The van der Waals surface area contributed by atoms with Crippen LogP contribution in [-0.2, 0) is 10.0 Å². The Morgan fingerprint density at radius 1 is 1.40 bits per heavy atom. The summed E-state index contributed by atoms with van der Waals surface area (Å²) in [5, 5.41) is 0. The highest BCUT2D eigenvalue weighted by Gasteiger charge is 2.33. The summed E-state index contributed by atoms with van der Waals surface area (Å²) in [6.07, 6.45) is 4.88. The fourth-order valence-electron chi connectivity index (χ4n) is 2.79. The molecule has 1 heterocycles. The number of benzene rings is 1. The number of nitrogens with zero attached hydrogens (tertiary/aromatic N) is 1. The molecule has 0 spiro atoms. The molecule has 2 rings (SSSR count). The van der Waals surface area contributed by atoms with Crippen LogP contribution >= 0.6 is 15.9 Å². The molecule has 0 amide bonds. The lowest BCUT2D eigenvalue weighted by Gasteiger charge is -2.34. The summed E-state index contributed by atoms with van der Waals surface area (Å²) in [6, 6.07) is 5.07. The van der Waals surface area contributed by atoms with E-state index in [0.717, 1.165) is 36.6 Å². The third kappa shape index (κ3) is 3.18. The Bertz CT molecular complexity index is 573. The molecule has 4 nitrogen and oxygen atoms in total. The first kappa shape index (κ1) is 15.8. The van der Waals surface area contributed by atoms with Gasteiger partial charge in [0, 0.05) is 17.1 Å². The first-order valence-corrected chi connectivity index (χ1v) is 9.27. The molecule has 1 atom stereocenters. The summed E-state index contributed by atoms with van der Waals surface area (Å²) in [7, 11) is -3.49. The Morgan fingerprint density at radius 3 is 2.80 bits per heavy atom. The predicted octanol–water partition coefficient (Wildman–Crippen LogP) is 3.37. The van der Waals surface area contributed by atoms with Gasteiger partial charge in [0.1, 0.15) is 4.90 Å². The van der Waals surface area contributed by atoms with Crippen molar-refractivity contribution < 1.29 is 8.42 Å². The van der Waals surface area contributed by atoms with Crippen molar-refractivity contribution in [1.82, 2.24) is 4.31 Å². The summed E-state index contributed by atoms with van der Waals surface area (Å²) >= 11 is 3.31. The van der Waals surface area contributed by atoms with Crippen molar-refractivity contribution in [2.24, 2.45) is 0 Å². The van der Waals surface area contributed by atoms with Crippen LogP contribution in [-0.4, -0.2) is 25.3 Å². The Kier molecular flexibility index (Phi) is 5.09. The van der Waals surface area contributed by atoms with Crippen molar-refractivity contribution in [2.45, 2.75) is 50.0 Å². The first-order chi connectivity index (χ1) is 9.46. The van der Waals surface area contributed by atoms with Crippen LogP contribution in [0.15, 0.2) is 27.6 Å². The zero-order valence-electron chi connectivity index (χ0n) is 11.7. The number of hydrogen-bond acceptors (Lipinski definition) is 3. The molecule has 112 valence electrons. The van der Waals surface area contributed by atoms with E-state index in [1.807, 2.05) is 0 Å². The number of halogens is 1. The van der Waals surface area contributed by atoms with E-state index in [1.54, 1.807) is 22.5 Å². The molecule has 0 radical (unpaired) electrons. The summed E-state index contributed by atoms with van der Waals surface area (Å²) < 4.78 is 28.1. The average Bonchev–Trinajstić information content (AvgIpc) is 2.39. The maximum Gasteiger partial charge on any atom is 0.245 e. The predicted molar refractivity (Wildman–Crippen MR) is 85.0 cm³/mol. The smallest absolute Gasteiger partial charge is 0.245 e. The van der Waals surface area contributed by atoms with Gasteiger partial charge in [-0.05, 0) is 37.5 Å². The van der Waals surface area contributed by atoms with Gasteiger partial charge in [0.2, 0.25) is 10.0 Å². The van der Waals surface area contributed by atoms with Crippen LogP contribution in [0.2, 0.25) is 0 Å². The minimum Gasteiger partial charge on any atom is -0.398 e. The van der Waals surface area contributed by atoms with Gasteiger partial charge >= 0.3 is 0 Å². The average molecular weight is 361 g/mol. The quantitative estimate of drug-likeness (QED) is 0.837. The first-order valence-electron chi connectivity index (χ1n) is 7.03. The van der Waals surface area contributed by atoms with Crippen molar-refractivity contribution in [3.05, 3.63) is 22.7 Å². The number of anilines is 1. The second-order valence-corrected chi connectivity index (χ2v) is 8.01. The monoisotopic (exact) mass is 360 g/mol. The molecule has 0 aliphatic carbocycles. The van der Waals surface area contributed by atoms with Gasteiger partial charge in [-0.3, -0.25) is 0 Å². The Labute approximate surface area is 129 Å². The molecule has 1 aliphatic heterocycles. The molecular formula is C14H21BrN2O2S. The number of hydrogen-bond donors (Lipinski definition) is 1. The van der Waals surface area contributed by atoms with Crippen LogP contribution in [0.25, 0.3) is 0 Å². The van der Waals surface area contributed by atoms with Crippen molar-refractivity contribution in [2.75, 3.05) is 12.3 Å². The standard InChI is InChI=1S/C14H21BrN2O2S/c1-2-5-12-6-3-4-9-17(12)20(18,19)14-8-7-11(15)10-13(14)16/h7-8,10,12H,2-6,9,16H2,1H3. The number of piperidine rings is 1. The largest absolute Gasteiger partial charge is 0.398 e. The van der Waals surface area contributed by atoms with Crippen LogP contribution in [0.5, 0.6) is 0 Å². The molecule has 1 aromatic rings. The SMILES string of the molecule is CCCC1CCCCN1S(=O)(=O)c1ccc(Br)cc1N. The summed E-state index contributed by atoms with van der Waals surface area (Å²) in [5.41, 5.74) is 6.20. The van der Waals surface area contributed by atoms with E-state index in [4.69, 9.17) is 5.73 Å². The second-order valence-electron chi connectivity index (χ2n) is 5.24. The van der Waals surface area contributed by atoms with Gasteiger partial charge < -0.3 is 5.73 Å². The minimum atomic E-state index is -3.49.